The standard InChI is InChI=1S/C5H6BrN.CH2I2/c1-2-5(3-6)4-7;2-1-3/h2H,3H2,1H3;1H2/b5-2+;. The van der Waals surface area contributed by atoms with Crippen molar-refractivity contribution < 1.29 is 0 Å². The lowest BCUT2D eigenvalue weighted by atomic mass is 10.3. The van der Waals surface area contributed by atoms with Gasteiger partial charge in [0.25, 0.3) is 0 Å². The van der Waals surface area contributed by atoms with E-state index in [4.69, 9.17) is 5.26 Å². The van der Waals surface area contributed by atoms with E-state index in [-0.39, 0.29) is 0 Å². The molecule has 0 unspecified atom stereocenters. The van der Waals surface area contributed by atoms with Gasteiger partial charge in [0.2, 0.25) is 0 Å². The summed E-state index contributed by atoms with van der Waals surface area (Å²) in [4.78, 5) is 0. The summed E-state index contributed by atoms with van der Waals surface area (Å²) in [5.41, 5.74) is 0.778. The molecule has 1 nitrogen and oxygen atoms in total. The van der Waals surface area contributed by atoms with Gasteiger partial charge in [-0.15, -0.1) is 0 Å². The Bertz CT molecular complexity index is 128. The van der Waals surface area contributed by atoms with Crippen molar-refractivity contribution in [3.8, 4) is 6.07 Å². The lowest BCUT2D eigenvalue weighted by Crippen LogP contribution is -1.73. The Morgan fingerprint density at radius 3 is 2.10 bits per heavy atom. The van der Waals surface area contributed by atoms with Crippen molar-refractivity contribution in [2.24, 2.45) is 0 Å². The van der Waals surface area contributed by atoms with Gasteiger partial charge in [0.1, 0.15) is 0 Å². The number of nitrogens with zero attached hydrogens (tertiary/aromatic N) is 1. The lowest BCUT2D eigenvalue weighted by molar-refractivity contribution is 1.44. The number of hydrogen-bond acceptors (Lipinski definition) is 1. The molecule has 0 aliphatic heterocycles. The second kappa shape index (κ2) is 12.8. The smallest absolute Gasteiger partial charge is 0.0952 e. The van der Waals surface area contributed by atoms with Crippen molar-refractivity contribution in [3.05, 3.63) is 11.6 Å². The van der Waals surface area contributed by atoms with Crippen molar-refractivity contribution in [1.82, 2.24) is 0 Å². The first kappa shape index (κ1) is 13.7. The van der Waals surface area contributed by atoms with Gasteiger partial charge in [0.15, 0.2) is 0 Å². The van der Waals surface area contributed by atoms with E-state index >= 15 is 0 Å². The quantitative estimate of drug-likeness (QED) is 0.356. The molecular weight excluding hydrogens is 420 g/mol. The Balaban J connectivity index is 0. The highest BCUT2D eigenvalue weighted by Gasteiger charge is 1.83. The van der Waals surface area contributed by atoms with Gasteiger partial charge in [-0.2, -0.15) is 5.26 Å². The highest BCUT2D eigenvalue weighted by molar-refractivity contribution is 14.2. The molecule has 0 spiro atoms. The van der Waals surface area contributed by atoms with Crippen LogP contribution in [0, 0.1) is 11.3 Å². The average molecular weight is 428 g/mol. The summed E-state index contributed by atoms with van der Waals surface area (Å²) in [7, 11) is 0. The average Bonchev–Trinajstić information content (AvgIpc) is 1.93. The van der Waals surface area contributed by atoms with E-state index in [1.54, 1.807) is 6.08 Å². The first-order valence-corrected chi connectivity index (χ1v) is 6.67. The molecule has 0 aromatic rings. The Hall–Kier alpha value is 1.17. The predicted molar refractivity (Wildman–Crippen MR) is 66.1 cm³/mol. The number of hydrogen-bond donors (Lipinski definition) is 0. The van der Waals surface area contributed by atoms with Gasteiger partial charge in [-0.05, 0) is 6.92 Å². The van der Waals surface area contributed by atoms with Crippen LogP contribution in [0.15, 0.2) is 11.6 Å². The van der Waals surface area contributed by atoms with E-state index in [2.05, 4.69) is 61.1 Å². The van der Waals surface area contributed by atoms with E-state index in [0.717, 1.165) is 5.57 Å². The maximum Gasteiger partial charge on any atom is 0.0952 e. The summed E-state index contributed by atoms with van der Waals surface area (Å²) < 4.78 is 1.19. The van der Waals surface area contributed by atoms with Crippen LogP contribution in [0.4, 0.5) is 0 Å². The van der Waals surface area contributed by atoms with Crippen LogP contribution in [0.5, 0.6) is 0 Å². The molecule has 0 atom stereocenters. The third-order valence-corrected chi connectivity index (χ3v) is 1.24. The maximum atomic E-state index is 8.18. The molecule has 0 heterocycles. The molecule has 4 heteroatoms. The molecule has 0 bridgehead atoms. The van der Waals surface area contributed by atoms with E-state index in [0.29, 0.717) is 5.33 Å². The number of alkyl halides is 3. The molecule has 0 saturated heterocycles. The third-order valence-electron chi connectivity index (χ3n) is 0.636. The predicted octanol–water partition coefficient (Wildman–Crippen LogP) is 3.67. The molecule has 10 heavy (non-hydrogen) atoms. The molecule has 0 radical (unpaired) electrons. The number of nitriles is 1. The fourth-order valence-corrected chi connectivity index (χ4v) is 0.621. The minimum Gasteiger partial charge on any atom is -0.193 e. The van der Waals surface area contributed by atoms with Gasteiger partial charge in [-0.3, -0.25) is 0 Å². The summed E-state index contributed by atoms with van der Waals surface area (Å²) in [6, 6.07) is 2.02. The highest BCUT2D eigenvalue weighted by atomic mass is 127. The first-order chi connectivity index (χ1) is 4.76. The Morgan fingerprint density at radius 2 is 2.10 bits per heavy atom. The zero-order valence-electron chi connectivity index (χ0n) is 5.57. The Morgan fingerprint density at radius 1 is 1.70 bits per heavy atom. The summed E-state index contributed by atoms with van der Waals surface area (Å²) in [6.07, 6.45) is 1.79. The first-order valence-electron chi connectivity index (χ1n) is 2.49. The van der Waals surface area contributed by atoms with Crippen LogP contribution in [-0.4, -0.2) is 7.76 Å². The van der Waals surface area contributed by atoms with E-state index in [9.17, 15) is 0 Å². The number of rotatable bonds is 1. The molecule has 0 N–H and O–H groups in total. The Labute approximate surface area is 97.7 Å². The summed E-state index contributed by atoms with van der Waals surface area (Å²) in [6.45, 7) is 1.85. The van der Waals surface area contributed by atoms with Crippen LogP contribution in [0.3, 0.4) is 0 Å². The molecule has 0 saturated carbocycles. The van der Waals surface area contributed by atoms with Crippen molar-refractivity contribution >= 4 is 61.1 Å². The van der Waals surface area contributed by atoms with Gasteiger partial charge in [0, 0.05) is 10.9 Å². The molecule has 0 aromatic heterocycles. The van der Waals surface area contributed by atoms with Crippen LogP contribution in [-0.2, 0) is 0 Å². The lowest BCUT2D eigenvalue weighted by Gasteiger charge is -1.79. The van der Waals surface area contributed by atoms with E-state index < -0.39 is 0 Å². The number of halogens is 3. The van der Waals surface area contributed by atoms with Crippen molar-refractivity contribution in [2.45, 2.75) is 6.92 Å². The van der Waals surface area contributed by atoms with Crippen LogP contribution in [0.1, 0.15) is 6.92 Å². The maximum absolute atomic E-state index is 8.18. The van der Waals surface area contributed by atoms with Crippen LogP contribution < -0.4 is 0 Å². The summed E-state index contributed by atoms with van der Waals surface area (Å²) in [5.74, 6) is 0. The Kier molecular flexibility index (Phi) is 17.6. The minimum atomic E-state index is 0.667. The molecule has 0 aliphatic rings. The minimum absolute atomic E-state index is 0.667. The fourth-order valence-electron chi connectivity index (χ4n) is 0.172. The van der Waals surface area contributed by atoms with Crippen LogP contribution in [0.2, 0.25) is 0 Å². The second-order valence-corrected chi connectivity index (χ2v) is 6.17. The molecule has 0 rings (SSSR count). The second-order valence-electron chi connectivity index (χ2n) is 1.16. The zero-order chi connectivity index (χ0) is 8.41. The molecule has 0 aromatic carbocycles. The summed E-state index contributed by atoms with van der Waals surface area (Å²) in [5, 5.41) is 8.84. The van der Waals surface area contributed by atoms with Crippen molar-refractivity contribution in [2.75, 3.05) is 7.76 Å². The third kappa shape index (κ3) is 11.9. The molecule has 0 fully saturated rings. The van der Waals surface area contributed by atoms with Crippen LogP contribution in [0.25, 0.3) is 0 Å². The van der Waals surface area contributed by atoms with Gasteiger partial charge < -0.3 is 0 Å². The van der Waals surface area contributed by atoms with Crippen LogP contribution >= 0.6 is 61.1 Å². The van der Waals surface area contributed by atoms with E-state index in [1.807, 2.05) is 13.0 Å². The fraction of sp³-hybridized carbons (Fsp3) is 0.500. The molecule has 0 aliphatic carbocycles. The molecule has 58 valence electrons. The topological polar surface area (TPSA) is 23.8 Å². The van der Waals surface area contributed by atoms with Gasteiger partial charge in [-0.1, -0.05) is 67.2 Å². The molecule has 0 amide bonds. The summed E-state index contributed by atoms with van der Waals surface area (Å²) >= 11 is 7.70. The number of allylic oxidation sites excluding steroid dienone is 2. The largest absolute Gasteiger partial charge is 0.193 e. The van der Waals surface area contributed by atoms with Crippen molar-refractivity contribution in [1.29, 1.82) is 5.26 Å². The SMILES string of the molecule is C/C=C(/C#N)CBr.ICI. The van der Waals surface area contributed by atoms with Gasteiger partial charge in [0.05, 0.1) is 8.50 Å². The normalized spacial score (nSPS) is 9.30. The van der Waals surface area contributed by atoms with Gasteiger partial charge in [-0.25, -0.2) is 0 Å². The molecular formula is C6H8BrI2N. The zero-order valence-corrected chi connectivity index (χ0v) is 11.5. The van der Waals surface area contributed by atoms with Gasteiger partial charge >= 0.3 is 0 Å². The highest BCUT2D eigenvalue weighted by Crippen LogP contribution is 1.94. The van der Waals surface area contributed by atoms with Crippen molar-refractivity contribution in [3.63, 3.8) is 0 Å². The van der Waals surface area contributed by atoms with E-state index in [1.165, 1.54) is 2.43 Å². The monoisotopic (exact) mass is 427 g/mol.